The van der Waals surface area contributed by atoms with Gasteiger partial charge in [-0.05, 0) is 83.9 Å². The Morgan fingerprint density at radius 2 is 1.55 bits per heavy atom. The molecule has 0 unspecified atom stereocenters. The van der Waals surface area contributed by atoms with E-state index in [0.717, 1.165) is 49.8 Å². The lowest BCUT2D eigenvalue weighted by Gasteiger charge is -2.55. The molecule has 29 heavy (non-hydrogen) atoms. The standard InChI is InChI=1S/C24H37NO4/c1-22(2)15-9-16-23(3,4)25(22)29-24(21(26)28-6)17-8-7-10-20(24)18-11-13-19(27-5)14-12-18/h11-14,20H,7-10,15-17H2,1-6H3/t20-,24+/m0/s1. The maximum Gasteiger partial charge on any atom is 0.340 e. The summed E-state index contributed by atoms with van der Waals surface area (Å²) >= 11 is 0. The number of rotatable bonds is 5. The van der Waals surface area contributed by atoms with Crippen LogP contribution in [0.2, 0.25) is 0 Å². The highest BCUT2D eigenvalue weighted by atomic mass is 16.7. The van der Waals surface area contributed by atoms with E-state index >= 15 is 0 Å². The molecule has 2 atom stereocenters. The average Bonchev–Trinajstić information content (AvgIpc) is 2.70. The van der Waals surface area contributed by atoms with Crippen LogP contribution in [-0.2, 0) is 14.4 Å². The van der Waals surface area contributed by atoms with Crippen molar-refractivity contribution in [1.82, 2.24) is 5.06 Å². The molecule has 2 fully saturated rings. The number of benzene rings is 1. The third-order valence-electron chi connectivity index (χ3n) is 6.83. The molecule has 1 aliphatic heterocycles. The van der Waals surface area contributed by atoms with Crippen LogP contribution in [0.15, 0.2) is 24.3 Å². The Bertz CT molecular complexity index is 696. The van der Waals surface area contributed by atoms with Crippen molar-refractivity contribution in [1.29, 1.82) is 0 Å². The van der Waals surface area contributed by atoms with Crippen LogP contribution >= 0.6 is 0 Å². The highest BCUT2D eigenvalue weighted by molar-refractivity contribution is 5.81. The van der Waals surface area contributed by atoms with E-state index in [1.807, 2.05) is 12.1 Å². The van der Waals surface area contributed by atoms with Gasteiger partial charge in [-0.2, -0.15) is 5.06 Å². The lowest BCUT2D eigenvalue weighted by atomic mass is 9.71. The molecule has 0 radical (unpaired) electrons. The third kappa shape index (κ3) is 4.17. The summed E-state index contributed by atoms with van der Waals surface area (Å²) in [6, 6.07) is 8.03. The van der Waals surface area contributed by atoms with E-state index in [1.165, 1.54) is 7.11 Å². The smallest absolute Gasteiger partial charge is 0.340 e. The number of carbonyl (C=O) groups is 1. The first-order chi connectivity index (χ1) is 13.7. The molecular formula is C24H37NO4. The normalized spacial score (nSPS) is 29.2. The Morgan fingerprint density at radius 1 is 0.931 bits per heavy atom. The third-order valence-corrected chi connectivity index (χ3v) is 6.83. The van der Waals surface area contributed by atoms with Crippen LogP contribution in [0.5, 0.6) is 5.75 Å². The van der Waals surface area contributed by atoms with E-state index in [1.54, 1.807) is 7.11 Å². The molecular weight excluding hydrogens is 366 g/mol. The minimum Gasteiger partial charge on any atom is -0.497 e. The Hall–Kier alpha value is -1.59. The highest BCUT2D eigenvalue weighted by Crippen LogP contribution is 2.49. The van der Waals surface area contributed by atoms with Gasteiger partial charge < -0.3 is 9.47 Å². The maximum absolute atomic E-state index is 13.3. The SMILES string of the molecule is COC(=O)[C@@]1(ON2C(C)(C)CCCC2(C)C)CCCC[C@H]1c1ccc(OC)cc1. The second-order valence-corrected chi connectivity index (χ2v) is 9.82. The first-order valence-electron chi connectivity index (χ1n) is 10.9. The predicted molar refractivity (Wildman–Crippen MR) is 114 cm³/mol. The molecule has 1 aromatic rings. The van der Waals surface area contributed by atoms with Gasteiger partial charge in [-0.15, -0.1) is 0 Å². The maximum atomic E-state index is 13.3. The molecule has 0 aromatic heterocycles. The second-order valence-electron chi connectivity index (χ2n) is 9.82. The fourth-order valence-electron chi connectivity index (χ4n) is 5.37. The summed E-state index contributed by atoms with van der Waals surface area (Å²) in [6.07, 6.45) is 6.84. The largest absolute Gasteiger partial charge is 0.497 e. The zero-order valence-corrected chi connectivity index (χ0v) is 18.9. The van der Waals surface area contributed by atoms with Crippen molar-refractivity contribution in [3.63, 3.8) is 0 Å². The Morgan fingerprint density at radius 3 is 2.10 bits per heavy atom. The molecule has 5 nitrogen and oxygen atoms in total. The molecule has 1 heterocycles. The Labute approximate surface area is 175 Å². The molecule has 0 spiro atoms. The van der Waals surface area contributed by atoms with Gasteiger partial charge in [0.05, 0.1) is 14.2 Å². The molecule has 1 aromatic carbocycles. The summed E-state index contributed by atoms with van der Waals surface area (Å²) < 4.78 is 10.7. The van der Waals surface area contributed by atoms with E-state index < -0.39 is 5.60 Å². The lowest BCUT2D eigenvalue weighted by Crippen LogP contribution is -2.64. The minimum absolute atomic E-state index is 0.0527. The van der Waals surface area contributed by atoms with Crippen molar-refractivity contribution < 1.29 is 19.1 Å². The van der Waals surface area contributed by atoms with Crippen LogP contribution < -0.4 is 4.74 Å². The van der Waals surface area contributed by atoms with E-state index in [0.29, 0.717) is 6.42 Å². The monoisotopic (exact) mass is 403 g/mol. The fraction of sp³-hybridized carbons (Fsp3) is 0.708. The molecule has 3 rings (SSSR count). The molecule has 0 amide bonds. The molecule has 2 aliphatic rings. The first-order valence-corrected chi connectivity index (χ1v) is 10.9. The number of nitrogens with zero attached hydrogens (tertiary/aromatic N) is 1. The summed E-state index contributed by atoms with van der Waals surface area (Å²) in [5.41, 5.74) is -0.202. The van der Waals surface area contributed by atoms with E-state index in [2.05, 4.69) is 44.9 Å². The minimum atomic E-state index is -1.01. The number of methoxy groups -OCH3 is 2. The number of piperidine rings is 1. The summed E-state index contributed by atoms with van der Waals surface area (Å²) in [6.45, 7) is 8.85. The molecule has 1 aliphatic carbocycles. The van der Waals surface area contributed by atoms with Crippen molar-refractivity contribution in [2.45, 2.75) is 95.2 Å². The second kappa shape index (κ2) is 8.27. The van der Waals surface area contributed by atoms with Gasteiger partial charge in [0.2, 0.25) is 0 Å². The number of hydroxylamine groups is 2. The number of ether oxygens (including phenoxy) is 2. The lowest BCUT2D eigenvalue weighted by molar-refractivity contribution is -0.340. The van der Waals surface area contributed by atoms with Crippen molar-refractivity contribution >= 4 is 5.97 Å². The molecule has 0 bridgehead atoms. The first kappa shape index (κ1) is 22.1. The Kier molecular flexibility index (Phi) is 6.30. The van der Waals surface area contributed by atoms with Gasteiger partial charge in [-0.25, -0.2) is 4.79 Å². The van der Waals surface area contributed by atoms with Crippen LogP contribution in [0.3, 0.4) is 0 Å². The summed E-state index contributed by atoms with van der Waals surface area (Å²) in [7, 11) is 3.14. The molecule has 1 saturated carbocycles. The average molecular weight is 404 g/mol. The number of hydrogen-bond acceptors (Lipinski definition) is 5. The molecule has 1 saturated heterocycles. The van der Waals surface area contributed by atoms with Crippen molar-refractivity contribution in [3.8, 4) is 5.75 Å². The topological polar surface area (TPSA) is 48.0 Å². The number of carbonyl (C=O) groups excluding carboxylic acids is 1. The van der Waals surface area contributed by atoms with Gasteiger partial charge >= 0.3 is 5.97 Å². The summed E-state index contributed by atoms with van der Waals surface area (Å²) in [5.74, 6) is 0.491. The van der Waals surface area contributed by atoms with Gasteiger partial charge in [-0.1, -0.05) is 18.6 Å². The summed E-state index contributed by atoms with van der Waals surface area (Å²) in [4.78, 5) is 20.1. The van der Waals surface area contributed by atoms with Crippen LogP contribution in [-0.4, -0.2) is 41.9 Å². The van der Waals surface area contributed by atoms with Crippen LogP contribution in [0.4, 0.5) is 0 Å². The quantitative estimate of drug-likeness (QED) is 0.629. The van der Waals surface area contributed by atoms with E-state index in [9.17, 15) is 4.79 Å². The van der Waals surface area contributed by atoms with Gasteiger partial charge in [0, 0.05) is 17.0 Å². The summed E-state index contributed by atoms with van der Waals surface area (Å²) in [5, 5.41) is 2.11. The van der Waals surface area contributed by atoms with E-state index in [-0.39, 0.29) is 23.0 Å². The Balaban J connectivity index is 2.04. The number of hydrogen-bond donors (Lipinski definition) is 0. The zero-order chi connectivity index (χ0) is 21.3. The number of esters is 1. The molecule has 0 N–H and O–H groups in total. The van der Waals surface area contributed by atoms with Crippen LogP contribution in [0.1, 0.15) is 84.1 Å². The fourth-order valence-corrected chi connectivity index (χ4v) is 5.37. The zero-order valence-electron chi connectivity index (χ0n) is 18.9. The van der Waals surface area contributed by atoms with Gasteiger partial charge in [0.15, 0.2) is 5.60 Å². The van der Waals surface area contributed by atoms with Gasteiger partial charge in [0.25, 0.3) is 0 Å². The molecule has 162 valence electrons. The van der Waals surface area contributed by atoms with Crippen molar-refractivity contribution in [2.24, 2.45) is 0 Å². The van der Waals surface area contributed by atoms with Gasteiger partial charge in [-0.3, -0.25) is 4.84 Å². The van der Waals surface area contributed by atoms with Gasteiger partial charge in [0.1, 0.15) is 5.75 Å². The van der Waals surface area contributed by atoms with Crippen LogP contribution in [0, 0.1) is 0 Å². The van der Waals surface area contributed by atoms with Crippen LogP contribution in [0.25, 0.3) is 0 Å². The predicted octanol–water partition coefficient (Wildman–Crippen LogP) is 5.24. The van der Waals surface area contributed by atoms with E-state index in [4.69, 9.17) is 14.3 Å². The molecule has 5 heteroatoms. The van der Waals surface area contributed by atoms with Crippen molar-refractivity contribution in [3.05, 3.63) is 29.8 Å². The highest BCUT2D eigenvalue weighted by Gasteiger charge is 2.55. The van der Waals surface area contributed by atoms with Crippen molar-refractivity contribution in [2.75, 3.05) is 14.2 Å².